The molecule has 1 aliphatic carbocycles. The summed E-state index contributed by atoms with van der Waals surface area (Å²) in [4.78, 5) is 24.5. The molecule has 0 aromatic rings. The van der Waals surface area contributed by atoms with Gasteiger partial charge in [-0.25, -0.2) is 8.78 Å². The monoisotopic (exact) mass is 291 g/mol. The first-order valence-corrected chi connectivity index (χ1v) is 6.87. The van der Waals surface area contributed by atoms with E-state index in [4.69, 9.17) is 9.84 Å². The Bertz CT molecular complexity index is 379. The lowest BCUT2D eigenvalue weighted by Gasteiger charge is -2.36. The lowest BCUT2D eigenvalue weighted by Crippen LogP contribution is -2.49. The van der Waals surface area contributed by atoms with Crippen molar-refractivity contribution >= 4 is 11.9 Å². The van der Waals surface area contributed by atoms with E-state index in [2.05, 4.69) is 0 Å². The second-order valence-electron chi connectivity index (χ2n) is 5.51. The number of morpholine rings is 1. The Kier molecular flexibility index (Phi) is 4.57. The minimum atomic E-state index is -2.65. The molecule has 1 atom stereocenters. The van der Waals surface area contributed by atoms with Crippen LogP contribution in [0.4, 0.5) is 8.78 Å². The summed E-state index contributed by atoms with van der Waals surface area (Å²) >= 11 is 0. The minimum Gasteiger partial charge on any atom is -0.481 e. The molecular formula is C13H19F2NO4. The van der Waals surface area contributed by atoms with Gasteiger partial charge in [0.25, 0.3) is 0 Å². The van der Waals surface area contributed by atoms with Gasteiger partial charge in [0.2, 0.25) is 11.8 Å². The second kappa shape index (κ2) is 6.03. The van der Waals surface area contributed by atoms with Crippen LogP contribution < -0.4 is 0 Å². The molecule has 0 bridgehead atoms. The van der Waals surface area contributed by atoms with E-state index in [-0.39, 0.29) is 50.5 Å². The fourth-order valence-electron chi connectivity index (χ4n) is 2.78. The third-order valence-electron chi connectivity index (χ3n) is 3.92. The van der Waals surface area contributed by atoms with Gasteiger partial charge < -0.3 is 14.7 Å². The Labute approximate surface area is 115 Å². The van der Waals surface area contributed by atoms with Gasteiger partial charge in [-0.05, 0) is 12.8 Å². The van der Waals surface area contributed by atoms with Crippen molar-refractivity contribution in [2.24, 2.45) is 5.92 Å². The van der Waals surface area contributed by atoms with Crippen LogP contribution in [0, 0.1) is 5.92 Å². The van der Waals surface area contributed by atoms with Crippen LogP contribution in [0.1, 0.15) is 32.1 Å². The summed E-state index contributed by atoms with van der Waals surface area (Å²) in [6, 6.07) is 0. The maximum Gasteiger partial charge on any atom is 0.306 e. The van der Waals surface area contributed by atoms with Crippen LogP contribution in [0.5, 0.6) is 0 Å². The fraction of sp³-hybridized carbons (Fsp3) is 0.846. The van der Waals surface area contributed by atoms with Gasteiger partial charge in [-0.3, -0.25) is 9.59 Å². The average molecular weight is 291 g/mol. The highest BCUT2D eigenvalue weighted by molar-refractivity contribution is 5.79. The van der Waals surface area contributed by atoms with Gasteiger partial charge in [-0.1, -0.05) is 0 Å². The van der Waals surface area contributed by atoms with Crippen LogP contribution in [0.2, 0.25) is 0 Å². The van der Waals surface area contributed by atoms with E-state index in [9.17, 15) is 18.4 Å². The Morgan fingerprint density at radius 3 is 2.55 bits per heavy atom. The number of aliphatic carboxylic acids is 1. The van der Waals surface area contributed by atoms with Crippen molar-refractivity contribution in [3.8, 4) is 0 Å². The highest BCUT2D eigenvalue weighted by Crippen LogP contribution is 2.37. The lowest BCUT2D eigenvalue weighted by molar-refractivity contribution is -0.152. The van der Waals surface area contributed by atoms with E-state index in [0.717, 1.165) is 0 Å². The molecular weight excluding hydrogens is 272 g/mol. The van der Waals surface area contributed by atoms with E-state index in [1.807, 2.05) is 0 Å². The summed E-state index contributed by atoms with van der Waals surface area (Å²) in [5.41, 5.74) is 0. The van der Waals surface area contributed by atoms with Crippen LogP contribution in [0.3, 0.4) is 0 Å². The second-order valence-corrected chi connectivity index (χ2v) is 5.51. The number of alkyl halides is 2. The van der Waals surface area contributed by atoms with E-state index in [1.54, 1.807) is 4.90 Å². The molecule has 2 rings (SSSR count). The Morgan fingerprint density at radius 2 is 1.95 bits per heavy atom. The van der Waals surface area contributed by atoms with Crippen LogP contribution in [0.25, 0.3) is 0 Å². The zero-order valence-corrected chi connectivity index (χ0v) is 11.2. The van der Waals surface area contributed by atoms with Gasteiger partial charge in [0.05, 0.1) is 19.1 Å². The van der Waals surface area contributed by atoms with Crippen LogP contribution >= 0.6 is 0 Å². The first-order chi connectivity index (χ1) is 9.37. The molecule has 1 heterocycles. The van der Waals surface area contributed by atoms with E-state index in [0.29, 0.717) is 13.2 Å². The van der Waals surface area contributed by atoms with Gasteiger partial charge >= 0.3 is 5.97 Å². The molecule has 1 N–H and O–H groups in total. The van der Waals surface area contributed by atoms with Crippen LogP contribution in [0.15, 0.2) is 0 Å². The first-order valence-electron chi connectivity index (χ1n) is 6.87. The van der Waals surface area contributed by atoms with Crippen molar-refractivity contribution in [3.63, 3.8) is 0 Å². The van der Waals surface area contributed by atoms with Crippen molar-refractivity contribution < 1.29 is 28.2 Å². The number of carboxylic acid groups (broad SMARTS) is 1. The summed E-state index contributed by atoms with van der Waals surface area (Å²) in [6.07, 6.45) is -0.736. The van der Waals surface area contributed by atoms with Crippen molar-refractivity contribution in [1.29, 1.82) is 0 Å². The van der Waals surface area contributed by atoms with Crippen LogP contribution in [-0.4, -0.2) is 53.6 Å². The van der Waals surface area contributed by atoms with E-state index >= 15 is 0 Å². The average Bonchev–Trinajstić information content (AvgIpc) is 2.37. The minimum absolute atomic E-state index is 0.140. The summed E-state index contributed by atoms with van der Waals surface area (Å²) in [6.45, 7) is 0.937. The molecule has 0 aromatic heterocycles. The van der Waals surface area contributed by atoms with Gasteiger partial charge in [0, 0.05) is 31.8 Å². The number of carboxylic acids is 1. The van der Waals surface area contributed by atoms with Crippen molar-refractivity contribution in [2.45, 2.75) is 44.1 Å². The number of ether oxygens (including phenoxy) is 1. The normalized spacial score (nSPS) is 27.3. The number of rotatable bonds is 3. The molecule has 1 saturated heterocycles. The van der Waals surface area contributed by atoms with Gasteiger partial charge in [-0.15, -0.1) is 0 Å². The molecule has 1 amide bonds. The third-order valence-corrected chi connectivity index (χ3v) is 3.92. The quantitative estimate of drug-likeness (QED) is 0.856. The van der Waals surface area contributed by atoms with E-state index in [1.165, 1.54) is 0 Å². The summed E-state index contributed by atoms with van der Waals surface area (Å²) in [5, 5.41) is 8.73. The summed E-state index contributed by atoms with van der Waals surface area (Å²) in [5.74, 6) is -4.12. The molecule has 0 unspecified atom stereocenters. The molecule has 2 fully saturated rings. The Balaban J connectivity index is 1.87. The number of carbonyl (C=O) groups excluding carboxylic acids is 1. The standard InChI is InChI=1S/C13H19F2NO4/c14-13(15)3-1-9(2-4-13)12(19)16-5-6-20-10(8-16)7-11(17)18/h9-10H,1-8H2,(H,17,18)/t10-/m0/s1. The predicted molar refractivity (Wildman–Crippen MR) is 65.5 cm³/mol. The summed E-state index contributed by atoms with van der Waals surface area (Å²) in [7, 11) is 0. The van der Waals surface area contributed by atoms with E-state index < -0.39 is 18.0 Å². The topological polar surface area (TPSA) is 66.8 Å². The Morgan fingerprint density at radius 1 is 1.30 bits per heavy atom. The number of halogens is 2. The lowest BCUT2D eigenvalue weighted by atomic mass is 9.85. The molecule has 7 heteroatoms. The third kappa shape index (κ3) is 3.88. The van der Waals surface area contributed by atoms with Crippen molar-refractivity contribution in [1.82, 2.24) is 4.90 Å². The molecule has 0 aromatic carbocycles. The highest BCUT2D eigenvalue weighted by atomic mass is 19.3. The maximum absolute atomic E-state index is 13.1. The number of hydrogen-bond donors (Lipinski definition) is 1. The number of amides is 1. The van der Waals surface area contributed by atoms with Crippen LogP contribution in [-0.2, 0) is 14.3 Å². The molecule has 0 spiro atoms. The molecule has 0 radical (unpaired) electrons. The first kappa shape index (κ1) is 15.2. The molecule has 20 heavy (non-hydrogen) atoms. The largest absolute Gasteiger partial charge is 0.481 e. The van der Waals surface area contributed by atoms with Gasteiger partial charge in [-0.2, -0.15) is 0 Å². The van der Waals surface area contributed by atoms with Crippen molar-refractivity contribution in [2.75, 3.05) is 19.7 Å². The number of hydrogen-bond acceptors (Lipinski definition) is 3. The number of nitrogens with zero attached hydrogens (tertiary/aromatic N) is 1. The van der Waals surface area contributed by atoms with Gasteiger partial charge in [0.15, 0.2) is 0 Å². The fourth-order valence-corrected chi connectivity index (χ4v) is 2.78. The smallest absolute Gasteiger partial charge is 0.306 e. The molecule has 2 aliphatic rings. The zero-order valence-electron chi connectivity index (χ0n) is 11.2. The Hall–Kier alpha value is -1.24. The highest BCUT2D eigenvalue weighted by Gasteiger charge is 2.39. The molecule has 1 aliphatic heterocycles. The zero-order chi connectivity index (χ0) is 14.8. The molecule has 1 saturated carbocycles. The molecule has 114 valence electrons. The maximum atomic E-state index is 13.1. The predicted octanol–water partition coefficient (Wildman–Crippen LogP) is 1.51. The SMILES string of the molecule is O=C(O)C[C@H]1CN(C(=O)C2CCC(F)(F)CC2)CCO1. The summed E-state index contributed by atoms with van der Waals surface area (Å²) < 4.78 is 31.5. The molecule has 5 nitrogen and oxygen atoms in total. The van der Waals surface area contributed by atoms with Gasteiger partial charge in [0.1, 0.15) is 0 Å². The van der Waals surface area contributed by atoms with Crippen molar-refractivity contribution in [3.05, 3.63) is 0 Å². The number of carbonyl (C=O) groups is 2.